The van der Waals surface area contributed by atoms with Crippen LogP contribution in [0.15, 0.2) is 18.3 Å². The number of hydrogen-bond acceptors (Lipinski definition) is 3. The van der Waals surface area contributed by atoms with Crippen molar-refractivity contribution in [2.24, 2.45) is 0 Å². The number of nitrogens with one attached hydrogen (secondary N) is 1. The summed E-state index contributed by atoms with van der Waals surface area (Å²) < 4.78 is 10.9. The first-order chi connectivity index (χ1) is 7.08. The quantitative estimate of drug-likeness (QED) is 0.811. The van der Waals surface area contributed by atoms with Crippen LogP contribution in [0.3, 0.4) is 0 Å². The Labute approximate surface area is 97.7 Å². The molecule has 0 aliphatic heterocycles. The molecule has 84 valence electrons. The van der Waals surface area contributed by atoms with Crippen LogP contribution in [-0.2, 0) is 10.8 Å². The Balaban J connectivity index is 2.44. The third-order valence-corrected chi connectivity index (χ3v) is 3.00. The van der Waals surface area contributed by atoms with E-state index in [1.54, 1.807) is 18.5 Å². The van der Waals surface area contributed by atoms with Crippen LogP contribution in [0.25, 0.3) is 0 Å². The fourth-order valence-corrected chi connectivity index (χ4v) is 2.05. The van der Waals surface area contributed by atoms with Gasteiger partial charge in [0.05, 0.1) is 0 Å². The number of nitrogens with zero attached hydrogens (tertiary/aromatic N) is 1. The fraction of sp³-hybridized carbons (Fsp3) is 0.500. The first-order valence-corrected chi connectivity index (χ1v) is 6.86. The third kappa shape index (κ3) is 5.14. The van der Waals surface area contributed by atoms with Gasteiger partial charge in [-0.3, -0.25) is 4.21 Å². The van der Waals surface area contributed by atoms with Crippen molar-refractivity contribution in [3.8, 4) is 0 Å². The number of anilines is 1. The lowest BCUT2D eigenvalue weighted by Gasteiger charge is -2.14. The zero-order valence-corrected chi connectivity index (χ0v) is 10.4. The van der Waals surface area contributed by atoms with Gasteiger partial charge in [-0.15, -0.1) is 0 Å². The molecule has 0 aromatic carbocycles. The second kappa shape index (κ2) is 6.08. The molecule has 0 saturated carbocycles. The van der Waals surface area contributed by atoms with Gasteiger partial charge in [-0.1, -0.05) is 11.6 Å². The standard InChI is InChI=1S/C10H15ClN2OS/c1-8(4-6-15(2)14)13-9-3-5-12-10(11)7-9/h3,5,7-8H,4,6H2,1-2H3,(H,12,13). The summed E-state index contributed by atoms with van der Waals surface area (Å²) in [5, 5.41) is 3.76. The molecule has 1 heterocycles. The van der Waals surface area contributed by atoms with Crippen molar-refractivity contribution in [3.63, 3.8) is 0 Å². The molecule has 1 N–H and O–H groups in total. The van der Waals surface area contributed by atoms with Crippen molar-refractivity contribution in [1.82, 2.24) is 4.98 Å². The molecule has 1 aromatic heterocycles. The van der Waals surface area contributed by atoms with Crippen molar-refractivity contribution in [2.75, 3.05) is 17.3 Å². The second-order valence-corrected chi connectivity index (χ2v) is 5.42. The Morgan fingerprint density at radius 3 is 3.00 bits per heavy atom. The maximum atomic E-state index is 10.9. The molecule has 0 spiro atoms. The van der Waals surface area contributed by atoms with Crippen LogP contribution >= 0.6 is 11.6 Å². The SMILES string of the molecule is CC(CCS(C)=O)Nc1ccnc(Cl)c1. The summed E-state index contributed by atoms with van der Waals surface area (Å²) in [5.41, 5.74) is 0.949. The van der Waals surface area contributed by atoms with Gasteiger partial charge in [0.1, 0.15) is 5.15 Å². The lowest BCUT2D eigenvalue weighted by atomic mass is 10.2. The van der Waals surface area contributed by atoms with E-state index in [4.69, 9.17) is 11.6 Å². The number of pyridine rings is 1. The minimum atomic E-state index is -0.727. The van der Waals surface area contributed by atoms with Crippen molar-refractivity contribution in [1.29, 1.82) is 0 Å². The molecule has 1 aromatic rings. The maximum absolute atomic E-state index is 10.9. The van der Waals surface area contributed by atoms with E-state index >= 15 is 0 Å². The molecule has 0 amide bonds. The van der Waals surface area contributed by atoms with E-state index in [2.05, 4.69) is 17.2 Å². The topological polar surface area (TPSA) is 42.0 Å². The molecule has 2 atom stereocenters. The molecule has 15 heavy (non-hydrogen) atoms. The van der Waals surface area contributed by atoms with Gasteiger partial charge in [0, 0.05) is 40.7 Å². The van der Waals surface area contributed by atoms with Crippen molar-refractivity contribution >= 4 is 28.1 Å². The summed E-state index contributed by atoms with van der Waals surface area (Å²) in [6, 6.07) is 3.93. The number of rotatable bonds is 5. The highest BCUT2D eigenvalue weighted by molar-refractivity contribution is 7.84. The van der Waals surface area contributed by atoms with E-state index in [0.717, 1.165) is 12.1 Å². The van der Waals surface area contributed by atoms with Gasteiger partial charge in [-0.2, -0.15) is 0 Å². The Kier molecular flexibility index (Phi) is 5.05. The minimum Gasteiger partial charge on any atom is -0.382 e. The van der Waals surface area contributed by atoms with Crippen molar-refractivity contribution < 1.29 is 4.21 Å². The van der Waals surface area contributed by atoms with Gasteiger partial charge in [-0.25, -0.2) is 4.98 Å². The molecular weight excluding hydrogens is 232 g/mol. The molecular formula is C10H15ClN2OS. The number of halogens is 1. The Bertz CT molecular complexity index is 346. The van der Waals surface area contributed by atoms with Crippen LogP contribution in [0, 0.1) is 0 Å². The van der Waals surface area contributed by atoms with Crippen LogP contribution in [0.5, 0.6) is 0 Å². The fourth-order valence-electron chi connectivity index (χ4n) is 1.19. The summed E-state index contributed by atoms with van der Waals surface area (Å²) in [5.74, 6) is 0.715. The second-order valence-electron chi connectivity index (χ2n) is 3.48. The lowest BCUT2D eigenvalue weighted by Crippen LogP contribution is -2.17. The van der Waals surface area contributed by atoms with Gasteiger partial charge in [0.15, 0.2) is 0 Å². The predicted octanol–water partition coefficient (Wildman–Crippen LogP) is 2.30. The molecule has 0 fully saturated rings. The molecule has 0 aliphatic rings. The highest BCUT2D eigenvalue weighted by Gasteiger charge is 2.03. The van der Waals surface area contributed by atoms with Crippen molar-refractivity contribution in [2.45, 2.75) is 19.4 Å². The number of hydrogen-bond donors (Lipinski definition) is 1. The summed E-state index contributed by atoms with van der Waals surface area (Å²) in [6.45, 7) is 2.06. The Morgan fingerprint density at radius 2 is 2.40 bits per heavy atom. The van der Waals surface area contributed by atoms with Gasteiger partial charge in [0.25, 0.3) is 0 Å². The largest absolute Gasteiger partial charge is 0.382 e. The molecule has 2 unspecified atom stereocenters. The highest BCUT2D eigenvalue weighted by Crippen LogP contribution is 2.13. The van der Waals surface area contributed by atoms with Gasteiger partial charge in [-0.05, 0) is 25.5 Å². The smallest absolute Gasteiger partial charge is 0.131 e. The molecule has 0 saturated heterocycles. The van der Waals surface area contributed by atoms with Crippen LogP contribution in [0.2, 0.25) is 5.15 Å². The van der Waals surface area contributed by atoms with Gasteiger partial charge >= 0.3 is 0 Å². The zero-order valence-electron chi connectivity index (χ0n) is 8.87. The van der Waals surface area contributed by atoms with Crippen LogP contribution < -0.4 is 5.32 Å². The summed E-state index contributed by atoms with van der Waals surface area (Å²) >= 11 is 5.76. The summed E-state index contributed by atoms with van der Waals surface area (Å²) in [4.78, 5) is 3.90. The average molecular weight is 247 g/mol. The average Bonchev–Trinajstić information content (AvgIpc) is 2.15. The molecule has 0 bridgehead atoms. The van der Waals surface area contributed by atoms with Gasteiger partial charge in [0.2, 0.25) is 0 Å². The van der Waals surface area contributed by atoms with Gasteiger partial charge < -0.3 is 5.32 Å². The Morgan fingerprint density at radius 1 is 1.67 bits per heavy atom. The summed E-state index contributed by atoms with van der Waals surface area (Å²) in [6.07, 6.45) is 4.26. The molecule has 3 nitrogen and oxygen atoms in total. The molecule has 0 aliphatic carbocycles. The van der Waals surface area contributed by atoms with Crippen molar-refractivity contribution in [3.05, 3.63) is 23.5 Å². The highest BCUT2D eigenvalue weighted by atomic mass is 35.5. The maximum Gasteiger partial charge on any atom is 0.131 e. The minimum absolute atomic E-state index is 0.285. The van der Waals surface area contributed by atoms with E-state index in [9.17, 15) is 4.21 Å². The van der Waals surface area contributed by atoms with E-state index in [-0.39, 0.29) is 6.04 Å². The van der Waals surface area contributed by atoms with E-state index < -0.39 is 10.8 Å². The first kappa shape index (κ1) is 12.5. The van der Waals surface area contributed by atoms with E-state index in [1.165, 1.54) is 0 Å². The van der Waals surface area contributed by atoms with Crippen LogP contribution in [0.1, 0.15) is 13.3 Å². The zero-order chi connectivity index (χ0) is 11.3. The molecule has 1 rings (SSSR count). The molecule has 5 heteroatoms. The predicted molar refractivity (Wildman–Crippen MR) is 65.9 cm³/mol. The Hall–Kier alpha value is -0.610. The lowest BCUT2D eigenvalue weighted by molar-refractivity contribution is 0.678. The van der Waals surface area contributed by atoms with Crippen LogP contribution in [-0.4, -0.2) is 27.2 Å². The molecule has 0 radical (unpaired) electrons. The monoisotopic (exact) mass is 246 g/mol. The number of aromatic nitrogens is 1. The van der Waals surface area contributed by atoms with E-state index in [0.29, 0.717) is 10.9 Å². The third-order valence-electron chi connectivity index (χ3n) is 1.98. The summed E-state index contributed by atoms with van der Waals surface area (Å²) in [7, 11) is -0.727. The first-order valence-electron chi connectivity index (χ1n) is 4.76. The normalized spacial score (nSPS) is 14.6. The van der Waals surface area contributed by atoms with E-state index in [1.807, 2.05) is 6.07 Å². The van der Waals surface area contributed by atoms with Crippen LogP contribution in [0.4, 0.5) is 5.69 Å².